The van der Waals surface area contributed by atoms with Gasteiger partial charge in [-0.2, -0.15) is 0 Å². The molecule has 5 heteroatoms. The summed E-state index contributed by atoms with van der Waals surface area (Å²) in [5.74, 6) is 0.264. The van der Waals surface area contributed by atoms with Crippen LogP contribution in [0.3, 0.4) is 0 Å². The molecule has 19 heavy (non-hydrogen) atoms. The van der Waals surface area contributed by atoms with E-state index >= 15 is 0 Å². The van der Waals surface area contributed by atoms with Gasteiger partial charge in [-0.3, -0.25) is 9.59 Å². The van der Waals surface area contributed by atoms with Crippen LogP contribution in [0.25, 0.3) is 0 Å². The summed E-state index contributed by atoms with van der Waals surface area (Å²) in [5.41, 5.74) is -1.29. The lowest BCUT2D eigenvalue weighted by atomic mass is 9.84. The molecule has 104 valence electrons. The van der Waals surface area contributed by atoms with Crippen LogP contribution in [0.5, 0.6) is 11.5 Å². The molecular formula is C14H17ClO4. The molecule has 0 aliphatic carbocycles. The number of hydrogen-bond donors (Lipinski definition) is 0. The lowest BCUT2D eigenvalue weighted by Gasteiger charge is -2.24. The van der Waals surface area contributed by atoms with Crippen LogP contribution in [-0.4, -0.2) is 18.3 Å². The molecule has 0 unspecified atom stereocenters. The van der Waals surface area contributed by atoms with E-state index in [9.17, 15) is 9.59 Å². The van der Waals surface area contributed by atoms with Gasteiger partial charge in [-0.15, -0.1) is 0 Å². The summed E-state index contributed by atoms with van der Waals surface area (Å²) >= 11 is 5.56. The largest absolute Gasteiger partial charge is 0.497 e. The molecule has 0 radical (unpaired) electrons. The van der Waals surface area contributed by atoms with E-state index in [2.05, 4.69) is 0 Å². The highest BCUT2D eigenvalue weighted by atomic mass is 35.5. The zero-order valence-electron chi connectivity index (χ0n) is 11.2. The van der Waals surface area contributed by atoms with Crippen LogP contribution in [-0.2, 0) is 9.59 Å². The number of halogens is 1. The van der Waals surface area contributed by atoms with Crippen molar-refractivity contribution in [2.75, 3.05) is 7.11 Å². The lowest BCUT2D eigenvalue weighted by molar-refractivity contribution is -0.150. The molecule has 0 bridgehead atoms. The Morgan fingerprint density at radius 1 is 1.21 bits per heavy atom. The second kappa shape index (κ2) is 6.57. The van der Waals surface area contributed by atoms with E-state index in [0.29, 0.717) is 24.3 Å². The number of esters is 1. The number of carbonyl (C=O) groups is 2. The second-order valence-electron chi connectivity index (χ2n) is 4.13. The average molecular weight is 285 g/mol. The van der Waals surface area contributed by atoms with Crippen molar-refractivity contribution in [3.63, 3.8) is 0 Å². The topological polar surface area (TPSA) is 52.6 Å². The van der Waals surface area contributed by atoms with Gasteiger partial charge in [-0.05, 0) is 36.6 Å². The Balaban J connectivity index is 2.96. The van der Waals surface area contributed by atoms with Gasteiger partial charge in [0.1, 0.15) is 16.9 Å². The van der Waals surface area contributed by atoms with E-state index in [1.165, 1.54) is 7.11 Å². The van der Waals surface area contributed by atoms with Crippen molar-refractivity contribution in [1.82, 2.24) is 0 Å². The predicted molar refractivity (Wildman–Crippen MR) is 72.5 cm³/mol. The highest BCUT2D eigenvalue weighted by Gasteiger charge is 2.43. The number of benzene rings is 1. The molecular weight excluding hydrogens is 268 g/mol. The molecule has 0 amide bonds. The maximum Gasteiger partial charge on any atom is 0.326 e. The van der Waals surface area contributed by atoms with Gasteiger partial charge in [0.05, 0.1) is 7.11 Å². The standard InChI is InChI=1S/C14H17ClO4/c1-4-14(5-2,12(15)16)13(17)19-11-8-6-7-10(9-11)18-3/h6-9H,4-5H2,1-3H3. The molecule has 1 rings (SSSR count). The van der Waals surface area contributed by atoms with Crippen LogP contribution in [0.1, 0.15) is 26.7 Å². The Hall–Kier alpha value is -1.55. The Morgan fingerprint density at radius 3 is 2.26 bits per heavy atom. The van der Waals surface area contributed by atoms with Crippen LogP contribution < -0.4 is 9.47 Å². The lowest BCUT2D eigenvalue weighted by Crippen LogP contribution is -2.39. The molecule has 0 N–H and O–H groups in total. The molecule has 0 aromatic heterocycles. The fourth-order valence-corrected chi connectivity index (χ4v) is 2.11. The molecule has 0 aliphatic heterocycles. The third-order valence-electron chi connectivity index (χ3n) is 3.23. The van der Waals surface area contributed by atoms with Crippen molar-refractivity contribution in [3.05, 3.63) is 24.3 Å². The van der Waals surface area contributed by atoms with E-state index in [1.807, 2.05) is 0 Å². The molecule has 0 spiro atoms. The summed E-state index contributed by atoms with van der Waals surface area (Å²) < 4.78 is 10.3. The molecule has 4 nitrogen and oxygen atoms in total. The normalized spacial score (nSPS) is 10.9. The Morgan fingerprint density at radius 2 is 1.79 bits per heavy atom. The van der Waals surface area contributed by atoms with Crippen LogP contribution in [0.2, 0.25) is 0 Å². The van der Waals surface area contributed by atoms with Gasteiger partial charge in [0.15, 0.2) is 0 Å². The number of carbonyl (C=O) groups excluding carboxylic acids is 2. The quantitative estimate of drug-likeness (QED) is 0.348. The Kier molecular flexibility index (Phi) is 5.36. The number of hydrogen-bond acceptors (Lipinski definition) is 4. The summed E-state index contributed by atoms with van der Waals surface area (Å²) in [6.45, 7) is 3.47. The fourth-order valence-electron chi connectivity index (χ4n) is 1.77. The average Bonchev–Trinajstić information content (AvgIpc) is 2.40. The van der Waals surface area contributed by atoms with E-state index in [0.717, 1.165) is 0 Å². The highest BCUT2D eigenvalue weighted by Crippen LogP contribution is 2.32. The smallest absolute Gasteiger partial charge is 0.326 e. The molecule has 0 heterocycles. The molecule has 1 aromatic carbocycles. The van der Waals surface area contributed by atoms with Gasteiger partial charge >= 0.3 is 5.97 Å². The van der Waals surface area contributed by atoms with Crippen molar-refractivity contribution in [1.29, 1.82) is 0 Å². The minimum Gasteiger partial charge on any atom is -0.497 e. The summed E-state index contributed by atoms with van der Waals surface area (Å²) in [5, 5.41) is -0.689. The van der Waals surface area contributed by atoms with Crippen LogP contribution >= 0.6 is 11.6 Å². The van der Waals surface area contributed by atoms with Gasteiger partial charge in [0, 0.05) is 6.07 Å². The molecule has 0 saturated carbocycles. The molecule has 0 saturated heterocycles. The Labute approximate surface area is 117 Å². The van der Waals surface area contributed by atoms with Crippen molar-refractivity contribution >= 4 is 22.8 Å². The van der Waals surface area contributed by atoms with Gasteiger partial charge < -0.3 is 9.47 Å². The Bertz CT molecular complexity index is 466. The van der Waals surface area contributed by atoms with E-state index in [4.69, 9.17) is 21.1 Å². The van der Waals surface area contributed by atoms with Crippen molar-refractivity contribution in [2.24, 2.45) is 5.41 Å². The molecule has 1 aromatic rings. The van der Waals surface area contributed by atoms with Gasteiger partial charge in [-0.25, -0.2) is 0 Å². The van der Waals surface area contributed by atoms with Gasteiger partial charge in [0.2, 0.25) is 5.24 Å². The maximum absolute atomic E-state index is 12.2. The second-order valence-corrected chi connectivity index (χ2v) is 4.47. The van der Waals surface area contributed by atoms with Crippen molar-refractivity contribution in [2.45, 2.75) is 26.7 Å². The first-order chi connectivity index (χ1) is 9.00. The molecule has 0 fully saturated rings. The third-order valence-corrected chi connectivity index (χ3v) is 3.59. The van der Waals surface area contributed by atoms with Crippen LogP contribution in [0.15, 0.2) is 24.3 Å². The third kappa shape index (κ3) is 3.26. The van der Waals surface area contributed by atoms with Gasteiger partial charge in [0.25, 0.3) is 0 Å². The van der Waals surface area contributed by atoms with E-state index in [-0.39, 0.29) is 0 Å². The summed E-state index contributed by atoms with van der Waals surface area (Å²) in [4.78, 5) is 23.7. The highest BCUT2D eigenvalue weighted by molar-refractivity contribution is 6.66. The number of methoxy groups -OCH3 is 1. The van der Waals surface area contributed by atoms with E-state index < -0.39 is 16.6 Å². The first kappa shape index (κ1) is 15.5. The summed E-state index contributed by atoms with van der Waals surface area (Å²) in [6.07, 6.45) is 0.600. The minimum absolute atomic E-state index is 0.300. The van der Waals surface area contributed by atoms with Crippen molar-refractivity contribution in [3.8, 4) is 11.5 Å². The summed E-state index contributed by atoms with van der Waals surface area (Å²) in [7, 11) is 1.52. The molecule has 0 aliphatic rings. The van der Waals surface area contributed by atoms with Crippen LogP contribution in [0, 0.1) is 5.41 Å². The monoisotopic (exact) mass is 284 g/mol. The first-order valence-electron chi connectivity index (χ1n) is 6.06. The van der Waals surface area contributed by atoms with Crippen molar-refractivity contribution < 1.29 is 19.1 Å². The number of rotatable bonds is 6. The van der Waals surface area contributed by atoms with E-state index in [1.54, 1.807) is 38.1 Å². The maximum atomic E-state index is 12.2. The SMILES string of the molecule is CCC(CC)(C(=O)Cl)C(=O)Oc1cccc(OC)c1. The first-order valence-corrected chi connectivity index (χ1v) is 6.44. The number of ether oxygens (including phenoxy) is 2. The molecule has 0 atom stereocenters. The summed E-state index contributed by atoms with van der Waals surface area (Å²) in [6, 6.07) is 6.63. The minimum atomic E-state index is -1.29. The fraction of sp³-hybridized carbons (Fsp3) is 0.429. The van der Waals surface area contributed by atoms with Crippen LogP contribution in [0.4, 0.5) is 0 Å². The predicted octanol–water partition coefficient (Wildman–Crippen LogP) is 3.17. The van der Waals surface area contributed by atoms with Gasteiger partial charge in [-0.1, -0.05) is 19.9 Å². The zero-order valence-corrected chi connectivity index (χ0v) is 12.0. The zero-order chi connectivity index (χ0) is 14.5.